The molecule has 0 aromatic heterocycles. The number of fused-ring (bicyclic) bond motifs is 1. The topological polar surface area (TPSA) is 41.1 Å². The second kappa shape index (κ2) is 5.81. The van der Waals surface area contributed by atoms with E-state index < -0.39 is 17.7 Å². The lowest BCUT2D eigenvalue weighted by Gasteiger charge is -2.10. The van der Waals surface area contributed by atoms with Crippen LogP contribution in [0, 0.1) is 11.6 Å². The summed E-state index contributed by atoms with van der Waals surface area (Å²) in [6, 6.07) is 15.3. The predicted octanol–water partition coefficient (Wildman–Crippen LogP) is 4.76. The van der Waals surface area contributed by atoms with Crippen LogP contribution in [0.4, 0.5) is 25.0 Å². The van der Waals surface area contributed by atoms with Crippen molar-refractivity contribution >= 4 is 28.2 Å². The quantitative estimate of drug-likeness (QED) is 0.703. The smallest absolute Gasteiger partial charge is 0.307 e. The van der Waals surface area contributed by atoms with Gasteiger partial charge >= 0.3 is 6.03 Å². The van der Waals surface area contributed by atoms with E-state index in [1.807, 2.05) is 30.3 Å². The van der Waals surface area contributed by atoms with Gasteiger partial charge in [0.1, 0.15) is 11.6 Å². The zero-order valence-electron chi connectivity index (χ0n) is 11.4. The van der Waals surface area contributed by atoms with Crippen molar-refractivity contribution in [3.8, 4) is 0 Å². The van der Waals surface area contributed by atoms with Crippen LogP contribution < -0.4 is 10.6 Å². The lowest BCUT2D eigenvalue weighted by molar-refractivity contribution is 0.262. The van der Waals surface area contributed by atoms with Crippen molar-refractivity contribution in [1.29, 1.82) is 0 Å². The Balaban J connectivity index is 1.83. The van der Waals surface area contributed by atoms with Crippen LogP contribution in [0.25, 0.3) is 10.8 Å². The average Bonchev–Trinajstić information content (AvgIpc) is 2.51. The normalized spacial score (nSPS) is 10.5. The van der Waals surface area contributed by atoms with Crippen molar-refractivity contribution in [2.75, 3.05) is 10.6 Å². The summed E-state index contributed by atoms with van der Waals surface area (Å²) in [6.07, 6.45) is 0. The summed E-state index contributed by atoms with van der Waals surface area (Å²) in [5, 5.41) is 6.77. The molecule has 2 amide bonds. The lowest BCUT2D eigenvalue weighted by atomic mass is 10.1. The first-order valence-electron chi connectivity index (χ1n) is 6.64. The summed E-state index contributed by atoms with van der Waals surface area (Å²) < 4.78 is 26.6. The minimum Gasteiger partial charge on any atom is -0.307 e. The van der Waals surface area contributed by atoms with E-state index in [2.05, 4.69) is 10.6 Å². The monoisotopic (exact) mass is 298 g/mol. The van der Waals surface area contributed by atoms with Crippen LogP contribution in [-0.2, 0) is 0 Å². The number of anilines is 2. The molecule has 0 bridgehead atoms. The maximum Gasteiger partial charge on any atom is 0.323 e. The molecule has 0 saturated heterocycles. The Labute approximate surface area is 125 Å². The van der Waals surface area contributed by atoms with Gasteiger partial charge in [-0.1, -0.05) is 36.4 Å². The summed E-state index contributed by atoms with van der Waals surface area (Å²) in [5.41, 5.74) is 0.380. The van der Waals surface area contributed by atoms with E-state index in [4.69, 9.17) is 0 Å². The number of benzene rings is 3. The molecule has 0 heterocycles. The Kier molecular flexibility index (Phi) is 3.70. The summed E-state index contributed by atoms with van der Waals surface area (Å²) in [4.78, 5) is 12.0. The highest BCUT2D eigenvalue weighted by molar-refractivity contribution is 6.06. The second-order valence-corrected chi connectivity index (χ2v) is 4.73. The molecule has 0 aliphatic heterocycles. The fraction of sp³-hybridized carbons (Fsp3) is 0. The van der Waals surface area contributed by atoms with Crippen molar-refractivity contribution in [3.05, 3.63) is 72.3 Å². The number of urea groups is 1. The number of nitrogens with one attached hydrogen (secondary N) is 2. The largest absolute Gasteiger partial charge is 0.323 e. The Morgan fingerprint density at radius 3 is 2.41 bits per heavy atom. The molecule has 0 saturated carbocycles. The molecule has 0 spiro atoms. The number of carbonyl (C=O) groups excluding carboxylic acids is 1. The number of hydrogen-bond donors (Lipinski definition) is 2. The van der Waals surface area contributed by atoms with Gasteiger partial charge in [-0.15, -0.1) is 0 Å². The van der Waals surface area contributed by atoms with Gasteiger partial charge in [-0.2, -0.15) is 0 Å². The summed E-state index contributed by atoms with van der Waals surface area (Å²) >= 11 is 0. The molecule has 22 heavy (non-hydrogen) atoms. The Hall–Kier alpha value is -2.95. The summed E-state index contributed by atoms with van der Waals surface area (Å²) in [5.74, 6) is -1.32. The minimum absolute atomic E-state index is 0.210. The first kappa shape index (κ1) is 14.0. The zero-order chi connectivity index (χ0) is 15.5. The van der Waals surface area contributed by atoms with Crippen molar-refractivity contribution in [2.24, 2.45) is 0 Å². The van der Waals surface area contributed by atoms with Crippen molar-refractivity contribution in [1.82, 2.24) is 0 Å². The van der Waals surface area contributed by atoms with Crippen molar-refractivity contribution < 1.29 is 13.6 Å². The van der Waals surface area contributed by atoms with Crippen molar-refractivity contribution in [2.45, 2.75) is 0 Å². The SMILES string of the molecule is O=C(Nc1cc(F)ccc1F)Nc1cccc2ccccc12. The van der Waals surface area contributed by atoms with Gasteiger partial charge in [-0.25, -0.2) is 13.6 Å². The van der Waals surface area contributed by atoms with Gasteiger partial charge in [0.2, 0.25) is 0 Å². The molecule has 5 heteroatoms. The van der Waals surface area contributed by atoms with Gasteiger partial charge in [-0.3, -0.25) is 0 Å². The summed E-state index contributed by atoms with van der Waals surface area (Å²) in [6.45, 7) is 0. The van der Waals surface area contributed by atoms with E-state index in [0.29, 0.717) is 5.69 Å². The van der Waals surface area contributed by atoms with Crippen LogP contribution in [0.5, 0.6) is 0 Å². The molecule has 3 nitrogen and oxygen atoms in total. The standard InChI is InChI=1S/C17H12F2N2O/c18-12-8-9-14(19)16(10-12)21-17(22)20-15-7-3-5-11-4-1-2-6-13(11)15/h1-10H,(H2,20,21,22). The zero-order valence-corrected chi connectivity index (χ0v) is 11.4. The van der Waals surface area contributed by atoms with Crippen LogP contribution in [0.1, 0.15) is 0 Å². The highest BCUT2D eigenvalue weighted by Crippen LogP contribution is 2.23. The van der Waals surface area contributed by atoms with Crippen LogP contribution in [0.15, 0.2) is 60.7 Å². The van der Waals surface area contributed by atoms with E-state index in [1.54, 1.807) is 12.1 Å². The molecule has 0 radical (unpaired) electrons. The molecule has 3 aromatic carbocycles. The first-order valence-corrected chi connectivity index (χ1v) is 6.64. The lowest BCUT2D eigenvalue weighted by Crippen LogP contribution is -2.20. The molecule has 110 valence electrons. The van der Waals surface area contributed by atoms with Gasteiger partial charge in [-0.05, 0) is 23.6 Å². The highest BCUT2D eigenvalue weighted by Gasteiger charge is 2.09. The van der Waals surface area contributed by atoms with Gasteiger partial charge in [0.15, 0.2) is 0 Å². The average molecular weight is 298 g/mol. The Morgan fingerprint density at radius 1 is 0.818 bits per heavy atom. The molecule has 0 aliphatic rings. The molecule has 0 fully saturated rings. The van der Waals surface area contributed by atoms with Crippen LogP contribution in [0.2, 0.25) is 0 Å². The minimum atomic E-state index is -0.700. The molecule has 0 aliphatic carbocycles. The fourth-order valence-corrected chi connectivity index (χ4v) is 2.20. The number of halogens is 2. The maximum atomic E-state index is 13.5. The summed E-state index contributed by atoms with van der Waals surface area (Å²) in [7, 11) is 0. The molecule has 0 atom stereocenters. The maximum absolute atomic E-state index is 13.5. The number of rotatable bonds is 2. The highest BCUT2D eigenvalue weighted by atomic mass is 19.1. The molecule has 0 unspecified atom stereocenters. The van der Waals surface area contributed by atoms with Gasteiger partial charge in [0.25, 0.3) is 0 Å². The van der Waals surface area contributed by atoms with E-state index in [0.717, 1.165) is 29.0 Å². The van der Waals surface area contributed by atoms with E-state index >= 15 is 0 Å². The fourth-order valence-electron chi connectivity index (χ4n) is 2.20. The van der Waals surface area contributed by atoms with Gasteiger partial charge in [0.05, 0.1) is 11.4 Å². The third-order valence-electron chi connectivity index (χ3n) is 3.21. The number of amides is 2. The Bertz CT molecular complexity index is 844. The van der Waals surface area contributed by atoms with Gasteiger partial charge < -0.3 is 10.6 Å². The second-order valence-electron chi connectivity index (χ2n) is 4.73. The molecule has 2 N–H and O–H groups in total. The number of hydrogen-bond acceptors (Lipinski definition) is 1. The van der Waals surface area contributed by atoms with E-state index in [1.165, 1.54) is 0 Å². The third kappa shape index (κ3) is 2.88. The molecular weight excluding hydrogens is 286 g/mol. The van der Waals surface area contributed by atoms with E-state index in [-0.39, 0.29) is 5.69 Å². The van der Waals surface area contributed by atoms with E-state index in [9.17, 15) is 13.6 Å². The molecular formula is C17H12F2N2O. The molecule has 3 rings (SSSR count). The third-order valence-corrected chi connectivity index (χ3v) is 3.21. The molecule has 3 aromatic rings. The first-order chi connectivity index (χ1) is 10.6. The van der Waals surface area contributed by atoms with Gasteiger partial charge in [0, 0.05) is 11.5 Å². The van der Waals surface area contributed by atoms with Crippen LogP contribution in [-0.4, -0.2) is 6.03 Å². The number of carbonyl (C=O) groups is 1. The predicted molar refractivity (Wildman–Crippen MR) is 82.9 cm³/mol. The van der Waals surface area contributed by atoms with Crippen molar-refractivity contribution in [3.63, 3.8) is 0 Å². The van der Waals surface area contributed by atoms with Crippen LogP contribution in [0.3, 0.4) is 0 Å². The Morgan fingerprint density at radius 2 is 1.55 bits per heavy atom. The van der Waals surface area contributed by atoms with Crippen LogP contribution >= 0.6 is 0 Å².